The van der Waals surface area contributed by atoms with Crippen molar-refractivity contribution in [3.8, 4) is 5.75 Å². The summed E-state index contributed by atoms with van der Waals surface area (Å²) in [6, 6.07) is 7.63. The molecule has 0 spiro atoms. The monoisotopic (exact) mass is 294 g/mol. The maximum atomic E-state index is 11.1. The number of carboxylic acids is 1. The molecule has 0 saturated carbocycles. The highest BCUT2D eigenvalue weighted by Gasteiger charge is 2.17. The first-order valence-electron chi connectivity index (χ1n) is 6.78. The molecule has 0 bridgehead atoms. The van der Waals surface area contributed by atoms with Crippen LogP contribution in [0.25, 0.3) is 0 Å². The lowest BCUT2D eigenvalue weighted by Gasteiger charge is -2.22. The van der Waals surface area contributed by atoms with E-state index in [1.807, 2.05) is 24.3 Å². The van der Waals surface area contributed by atoms with Gasteiger partial charge in [-0.3, -0.25) is 14.5 Å². The highest BCUT2D eigenvalue weighted by molar-refractivity contribution is 5.76. The van der Waals surface area contributed by atoms with Crippen LogP contribution >= 0.6 is 0 Å². The van der Waals surface area contributed by atoms with Crippen LogP contribution in [-0.4, -0.2) is 48.6 Å². The molecule has 0 aliphatic rings. The van der Waals surface area contributed by atoms with Crippen molar-refractivity contribution in [3.05, 3.63) is 29.8 Å². The fourth-order valence-corrected chi connectivity index (χ4v) is 2.00. The molecule has 0 radical (unpaired) electrons. The van der Waals surface area contributed by atoms with Crippen LogP contribution in [0.1, 0.15) is 12.5 Å². The molecule has 21 heavy (non-hydrogen) atoms. The topological polar surface area (TPSA) is 92.9 Å². The Kier molecular flexibility index (Phi) is 6.68. The van der Waals surface area contributed by atoms with Gasteiger partial charge in [-0.15, -0.1) is 0 Å². The number of nitrogens with zero attached hydrogens (tertiary/aromatic N) is 1. The standard InChI is InChI=1S/C15H22N2O4/c1-11(15(19)20)9-17(10-14(16)18)8-7-12-3-5-13(21-2)6-4-12/h3-6,11H,7-10H2,1-2H3,(H2,16,18)(H,19,20). The summed E-state index contributed by atoms with van der Waals surface area (Å²) in [4.78, 5) is 23.8. The Balaban J connectivity index is 2.58. The largest absolute Gasteiger partial charge is 0.497 e. The predicted octanol–water partition coefficient (Wildman–Crippen LogP) is 0.746. The molecule has 6 nitrogen and oxygen atoms in total. The van der Waals surface area contributed by atoms with Gasteiger partial charge in [0.15, 0.2) is 0 Å². The van der Waals surface area contributed by atoms with Gasteiger partial charge in [0.05, 0.1) is 19.6 Å². The van der Waals surface area contributed by atoms with E-state index in [0.29, 0.717) is 19.5 Å². The lowest BCUT2D eigenvalue weighted by molar-refractivity contribution is -0.142. The van der Waals surface area contributed by atoms with Gasteiger partial charge in [-0.25, -0.2) is 0 Å². The molecule has 1 unspecified atom stereocenters. The number of rotatable bonds is 9. The van der Waals surface area contributed by atoms with Crippen LogP contribution in [-0.2, 0) is 16.0 Å². The van der Waals surface area contributed by atoms with E-state index in [-0.39, 0.29) is 6.54 Å². The zero-order valence-electron chi connectivity index (χ0n) is 12.4. The van der Waals surface area contributed by atoms with Crippen molar-refractivity contribution < 1.29 is 19.4 Å². The van der Waals surface area contributed by atoms with Gasteiger partial charge < -0.3 is 15.6 Å². The van der Waals surface area contributed by atoms with Crippen molar-refractivity contribution in [1.29, 1.82) is 0 Å². The molecule has 0 heterocycles. The molecular formula is C15H22N2O4. The van der Waals surface area contributed by atoms with Gasteiger partial charge >= 0.3 is 5.97 Å². The quantitative estimate of drug-likeness (QED) is 0.701. The Bertz CT molecular complexity index is 473. The minimum Gasteiger partial charge on any atom is -0.497 e. The van der Waals surface area contributed by atoms with Crippen molar-refractivity contribution in [3.63, 3.8) is 0 Å². The molecule has 1 rings (SSSR count). The van der Waals surface area contributed by atoms with Gasteiger partial charge in [-0.1, -0.05) is 19.1 Å². The SMILES string of the molecule is COc1ccc(CCN(CC(N)=O)CC(C)C(=O)O)cc1. The molecule has 3 N–H and O–H groups in total. The molecule has 0 aromatic heterocycles. The van der Waals surface area contributed by atoms with Crippen LogP contribution in [0.4, 0.5) is 0 Å². The van der Waals surface area contributed by atoms with Crippen molar-refractivity contribution in [1.82, 2.24) is 4.90 Å². The molecule has 116 valence electrons. The third kappa shape index (κ3) is 6.27. The van der Waals surface area contributed by atoms with E-state index in [0.717, 1.165) is 11.3 Å². The van der Waals surface area contributed by atoms with Gasteiger partial charge in [0.2, 0.25) is 5.91 Å². The molecule has 1 aromatic rings. The number of hydrogen-bond acceptors (Lipinski definition) is 4. The molecule has 1 amide bonds. The lowest BCUT2D eigenvalue weighted by Crippen LogP contribution is -2.39. The molecule has 1 atom stereocenters. The highest BCUT2D eigenvalue weighted by atomic mass is 16.5. The van der Waals surface area contributed by atoms with E-state index in [1.54, 1.807) is 18.9 Å². The number of carboxylic acid groups (broad SMARTS) is 1. The van der Waals surface area contributed by atoms with E-state index in [4.69, 9.17) is 15.6 Å². The summed E-state index contributed by atoms with van der Waals surface area (Å²) < 4.78 is 5.09. The first-order valence-corrected chi connectivity index (χ1v) is 6.78. The van der Waals surface area contributed by atoms with Crippen molar-refractivity contribution in [2.24, 2.45) is 11.7 Å². The average Bonchev–Trinajstić information content (AvgIpc) is 2.44. The van der Waals surface area contributed by atoms with Crippen molar-refractivity contribution in [2.75, 3.05) is 26.7 Å². The Morgan fingerprint density at radius 2 is 1.95 bits per heavy atom. The number of hydrogen-bond donors (Lipinski definition) is 2. The summed E-state index contributed by atoms with van der Waals surface area (Å²) in [5.41, 5.74) is 6.30. The molecule has 1 aromatic carbocycles. The number of aliphatic carboxylic acids is 1. The second-order valence-electron chi connectivity index (χ2n) is 5.04. The number of primary amides is 1. The van der Waals surface area contributed by atoms with Crippen LogP contribution in [0.5, 0.6) is 5.75 Å². The van der Waals surface area contributed by atoms with Gasteiger partial charge in [0.1, 0.15) is 5.75 Å². The molecule has 6 heteroatoms. The van der Waals surface area contributed by atoms with Crippen LogP contribution < -0.4 is 10.5 Å². The molecule has 0 aliphatic carbocycles. The number of ether oxygens (including phenoxy) is 1. The van der Waals surface area contributed by atoms with Gasteiger partial charge in [-0.2, -0.15) is 0 Å². The zero-order chi connectivity index (χ0) is 15.8. The molecule has 0 saturated heterocycles. The van der Waals surface area contributed by atoms with Crippen molar-refractivity contribution >= 4 is 11.9 Å². The Hall–Kier alpha value is -2.08. The zero-order valence-corrected chi connectivity index (χ0v) is 12.4. The van der Waals surface area contributed by atoms with E-state index < -0.39 is 17.8 Å². The maximum absolute atomic E-state index is 11.1. The summed E-state index contributed by atoms with van der Waals surface area (Å²) in [6.45, 7) is 2.55. The first-order chi connectivity index (χ1) is 9.92. The summed E-state index contributed by atoms with van der Waals surface area (Å²) in [5.74, 6) is -1.09. The smallest absolute Gasteiger partial charge is 0.307 e. The number of benzene rings is 1. The minimum atomic E-state index is -0.881. The predicted molar refractivity (Wildman–Crippen MR) is 79.1 cm³/mol. The van der Waals surface area contributed by atoms with Gasteiger partial charge in [0.25, 0.3) is 0 Å². The summed E-state index contributed by atoms with van der Waals surface area (Å²) in [5, 5.41) is 8.95. The number of carbonyl (C=O) groups is 2. The fourth-order valence-electron chi connectivity index (χ4n) is 2.00. The highest BCUT2D eigenvalue weighted by Crippen LogP contribution is 2.12. The van der Waals surface area contributed by atoms with E-state index >= 15 is 0 Å². The van der Waals surface area contributed by atoms with E-state index in [1.165, 1.54) is 0 Å². The normalized spacial score (nSPS) is 12.1. The molecular weight excluding hydrogens is 272 g/mol. The Morgan fingerprint density at radius 1 is 1.33 bits per heavy atom. The van der Waals surface area contributed by atoms with Crippen LogP contribution in [0.2, 0.25) is 0 Å². The Labute approximate surface area is 124 Å². The van der Waals surface area contributed by atoms with Crippen LogP contribution in [0.15, 0.2) is 24.3 Å². The number of amides is 1. The fraction of sp³-hybridized carbons (Fsp3) is 0.467. The van der Waals surface area contributed by atoms with E-state index in [2.05, 4.69) is 0 Å². The number of methoxy groups -OCH3 is 1. The average molecular weight is 294 g/mol. The number of nitrogens with two attached hydrogens (primary N) is 1. The lowest BCUT2D eigenvalue weighted by atomic mass is 10.1. The summed E-state index contributed by atoms with van der Waals surface area (Å²) in [7, 11) is 1.61. The maximum Gasteiger partial charge on any atom is 0.307 e. The van der Waals surface area contributed by atoms with Crippen molar-refractivity contribution in [2.45, 2.75) is 13.3 Å². The first kappa shape index (κ1) is 17.0. The third-order valence-corrected chi connectivity index (χ3v) is 3.21. The van der Waals surface area contributed by atoms with Gasteiger partial charge in [-0.05, 0) is 24.1 Å². The molecule has 0 aliphatic heterocycles. The second kappa shape index (κ2) is 8.26. The van der Waals surface area contributed by atoms with E-state index in [9.17, 15) is 9.59 Å². The third-order valence-electron chi connectivity index (χ3n) is 3.21. The van der Waals surface area contributed by atoms with Crippen LogP contribution in [0.3, 0.4) is 0 Å². The number of carbonyl (C=O) groups excluding carboxylic acids is 1. The second-order valence-corrected chi connectivity index (χ2v) is 5.04. The summed E-state index contributed by atoms with van der Waals surface area (Å²) in [6.07, 6.45) is 0.712. The summed E-state index contributed by atoms with van der Waals surface area (Å²) >= 11 is 0. The van der Waals surface area contributed by atoms with Crippen LogP contribution in [0, 0.1) is 5.92 Å². The van der Waals surface area contributed by atoms with Gasteiger partial charge in [0, 0.05) is 13.1 Å². The minimum absolute atomic E-state index is 0.0633. The Morgan fingerprint density at radius 3 is 2.43 bits per heavy atom. The molecule has 0 fully saturated rings.